The topological polar surface area (TPSA) is 29.3 Å². The minimum atomic E-state index is 0.787. The number of aryl methyl sites for hydroxylation is 2. The predicted octanol–water partition coefficient (Wildman–Crippen LogP) is 3.12. The highest BCUT2D eigenvalue weighted by Crippen LogP contribution is 2.30. The first kappa shape index (κ1) is 11.3. The summed E-state index contributed by atoms with van der Waals surface area (Å²) in [7, 11) is 0. The van der Waals surface area contributed by atoms with Gasteiger partial charge in [0.05, 0.1) is 11.4 Å². The van der Waals surface area contributed by atoms with E-state index >= 15 is 0 Å². The van der Waals surface area contributed by atoms with Gasteiger partial charge in [0.25, 0.3) is 0 Å². The molecule has 1 heterocycles. The number of nitrogens with zero attached hydrogens (tertiary/aromatic N) is 1. The second-order valence-electron chi connectivity index (χ2n) is 5.19. The van der Waals surface area contributed by atoms with Crippen LogP contribution in [0.2, 0.25) is 0 Å². The van der Waals surface area contributed by atoms with Gasteiger partial charge >= 0.3 is 0 Å². The van der Waals surface area contributed by atoms with Gasteiger partial charge in [-0.1, -0.05) is 6.92 Å². The van der Waals surface area contributed by atoms with Crippen molar-refractivity contribution in [2.45, 2.75) is 33.6 Å². The van der Waals surface area contributed by atoms with E-state index in [1.54, 1.807) is 0 Å². The largest absolute Gasteiger partial charge is 0.397 e. The average Bonchev–Trinajstić information content (AvgIpc) is 2.23. The average molecular weight is 218 g/mol. The molecule has 1 aromatic rings. The van der Waals surface area contributed by atoms with Crippen LogP contribution < -0.4 is 10.6 Å². The van der Waals surface area contributed by atoms with Crippen LogP contribution in [0, 0.1) is 19.8 Å². The third-order valence-electron chi connectivity index (χ3n) is 3.64. The zero-order valence-corrected chi connectivity index (χ0v) is 10.6. The van der Waals surface area contributed by atoms with E-state index in [9.17, 15) is 0 Å². The summed E-state index contributed by atoms with van der Waals surface area (Å²) in [6.07, 6.45) is 2.63. The number of nitrogens with two attached hydrogens (primary N) is 1. The van der Waals surface area contributed by atoms with E-state index in [-0.39, 0.29) is 0 Å². The van der Waals surface area contributed by atoms with Crippen molar-refractivity contribution in [3.05, 3.63) is 23.3 Å². The van der Waals surface area contributed by atoms with Crippen LogP contribution in [-0.2, 0) is 0 Å². The van der Waals surface area contributed by atoms with Crippen molar-refractivity contribution in [2.75, 3.05) is 23.7 Å². The maximum Gasteiger partial charge on any atom is 0.0602 e. The van der Waals surface area contributed by atoms with E-state index in [4.69, 9.17) is 5.73 Å². The Labute approximate surface area is 98.4 Å². The van der Waals surface area contributed by atoms with E-state index in [0.717, 1.165) is 24.7 Å². The molecule has 0 spiro atoms. The van der Waals surface area contributed by atoms with Gasteiger partial charge in [-0.25, -0.2) is 0 Å². The Morgan fingerprint density at radius 1 is 1.25 bits per heavy atom. The van der Waals surface area contributed by atoms with Crippen LogP contribution in [0.5, 0.6) is 0 Å². The summed E-state index contributed by atoms with van der Waals surface area (Å²) < 4.78 is 0. The lowest BCUT2D eigenvalue weighted by molar-refractivity contribution is 0.447. The summed E-state index contributed by atoms with van der Waals surface area (Å²) in [6.45, 7) is 8.90. The third-order valence-corrected chi connectivity index (χ3v) is 3.64. The van der Waals surface area contributed by atoms with Gasteiger partial charge in [0.1, 0.15) is 0 Å². The molecule has 2 nitrogen and oxygen atoms in total. The highest BCUT2D eigenvalue weighted by atomic mass is 15.1. The number of anilines is 2. The van der Waals surface area contributed by atoms with Gasteiger partial charge in [-0.2, -0.15) is 0 Å². The SMILES string of the molecule is Cc1cc(N)c(N2CCC[C@@H](C)C2)cc1C. The molecule has 0 amide bonds. The molecule has 1 atom stereocenters. The predicted molar refractivity (Wildman–Crippen MR) is 70.9 cm³/mol. The molecular formula is C14H22N2. The molecule has 0 bridgehead atoms. The van der Waals surface area contributed by atoms with Crippen molar-refractivity contribution in [1.82, 2.24) is 0 Å². The molecule has 0 aliphatic carbocycles. The first-order valence-corrected chi connectivity index (χ1v) is 6.19. The summed E-state index contributed by atoms with van der Waals surface area (Å²) in [6, 6.07) is 4.34. The lowest BCUT2D eigenvalue weighted by atomic mass is 9.98. The zero-order chi connectivity index (χ0) is 11.7. The highest BCUT2D eigenvalue weighted by Gasteiger charge is 2.18. The second-order valence-corrected chi connectivity index (χ2v) is 5.19. The van der Waals surface area contributed by atoms with Crippen molar-refractivity contribution < 1.29 is 0 Å². The molecule has 2 heteroatoms. The molecule has 2 rings (SSSR count). The Hall–Kier alpha value is -1.18. The summed E-state index contributed by atoms with van der Waals surface area (Å²) in [5.41, 5.74) is 10.9. The quantitative estimate of drug-likeness (QED) is 0.734. The molecule has 0 saturated carbocycles. The molecule has 0 radical (unpaired) electrons. The number of benzene rings is 1. The number of hydrogen-bond donors (Lipinski definition) is 1. The smallest absolute Gasteiger partial charge is 0.0602 e. The van der Waals surface area contributed by atoms with Crippen molar-refractivity contribution in [3.8, 4) is 0 Å². The highest BCUT2D eigenvalue weighted by molar-refractivity contribution is 5.70. The van der Waals surface area contributed by atoms with Crippen LogP contribution in [-0.4, -0.2) is 13.1 Å². The molecule has 2 N–H and O–H groups in total. The Bertz CT molecular complexity index is 385. The van der Waals surface area contributed by atoms with Gasteiger partial charge in [-0.3, -0.25) is 0 Å². The third kappa shape index (κ3) is 2.16. The van der Waals surface area contributed by atoms with Crippen LogP contribution in [0.25, 0.3) is 0 Å². The Morgan fingerprint density at radius 3 is 2.62 bits per heavy atom. The van der Waals surface area contributed by atoms with Crippen LogP contribution in [0.1, 0.15) is 30.9 Å². The molecule has 1 saturated heterocycles. The Kier molecular flexibility index (Phi) is 3.08. The minimum Gasteiger partial charge on any atom is -0.397 e. The lowest BCUT2D eigenvalue weighted by Gasteiger charge is -2.34. The van der Waals surface area contributed by atoms with Crippen molar-refractivity contribution in [2.24, 2.45) is 5.92 Å². The summed E-state index contributed by atoms with van der Waals surface area (Å²) in [5, 5.41) is 0. The van der Waals surface area contributed by atoms with Gasteiger partial charge < -0.3 is 10.6 Å². The van der Waals surface area contributed by atoms with Crippen molar-refractivity contribution >= 4 is 11.4 Å². The molecule has 88 valence electrons. The molecule has 1 aromatic carbocycles. The molecule has 0 aromatic heterocycles. The number of piperidine rings is 1. The molecule has 1 aliphatic rings. The molecule has 16 heavy (non-hydrogen) atoms. The fourth-order valence-electron chi connectivity index (χ4n) is 2.51. The first-order chi connectivity index (χ1) is 7.58. The molecular weight excluding hydrogens is 196 g/mol. The van der Waals surface area contributed by atoms with Gasteiger partial charge in [0, 0.05) is 13.1 Å². The van der Waals surface area contributed by atoms with Gasteiger partial charge in [0.15, 0.2) is 0 Å². The van der Waals surface area contributed by atoms with E-state index < -0.39 is 0 Å². The van der Waals surface area contributed by atoms with Crippen LogP contribution in [0.4, 0.5) is 11.4 Å². The molecule has 0 unspecified atom stereocenters. The van der Waals surface area contributed by atoms with Crippen molar-refractivity contribution in [3.63, 3.8) is 0 Å². The first-order valence-electron chi connectivity index (χ1n) is 6.19. The number of rotatable bonds is 1. The number of hydrogen-bond acceptors (Lipinski definition) is 2. The zero-order valence-electron chi connectivity index (χ0n) is 10.6. The Balaban J connectivity index is 2.29. The van der Waals surface area contributed by atoms with Gasteiger partial charge in [0.2, 0.25) is 0 Å². The summed E-state index contributed by atoms with van der Waals surface area (Å²) in [4.78, 5) is 2.44. The van der Waals surface area contributed by atoms with E-state index in [2.05, 4.69) is 37.8 Å². The monoisotopic (exact) mass is 218 g/mol. The standard InChI is InChI=1S/C14H22N2/c1-10-5-4-6-16(9-10)14-8-12(3)11(2)7-13(14)15/h7-8,10H,4-6,9,15H2,1-3H3/t10-/m1/s1. The van der Waals surface area contributed by atoms with E-state index in [1.165, 1.54) is 29.7 Å². The fourth-order valence-corrected chi connectivity index (χ4v) is 2.51. The lowest BCUT2D eigenvalue weighted by Crippen LogP contribution is -2.34. The van der Waals surface area contributed by atoms with Gasteiger partial charge in [-0.15, -0.1) is 0 Å². The normalized spacial score (nSPS) is 21.2. The fraction of sp³-hybridized carbons (Fsp3) is 0.571. The maximum absolute atomic E-state index is 6.12. The number of nitrogen functional groups attached to an aromatic ring is 1. The van der Waals surface area contributed by atoms with E-state index in [0.29, 0.717) is 0 Å². The van der Waals surface area contributed by atoms with Crippen LogP contribution in [0.3, 0.4) is 0 Å². The Morgan fingerprint density at radius 2 is 1.94 bits per heavy atom. The molecule has 1 aliphatic heterocycles. The minimum absolute atomic E-state index is 0.787. The summed E-state index contributed by atoms with van der Waals surface area (Å²) >= 11 is 0. The van der Waals surface area contributed by atoms with E-state index in [1.807, 2.05) is 0 Å². The maximum atomic E-state index is 6.12. The second kappa shape index (κ2) is 4.36. The van der Waals surface area contributed by atoms with Gasteiger partial charge in [-0.05, 0) is 55.9 Å². The summed E-state index contributed by atoms with van der Waals surface area (Å²) in [5.74, 6) is 0.787. The molecule has 1 fully saturated rings. The van der Waals surface area contributed by atoms with Crippen molar-refractivity contribution in [1.29, 1.82) is 0 Å². The van der Waals surface area contributed by atoms with Crippen LogP contribution in [0.15, 0.2) is 12.1 Å². The van der Waals surface area contributed by atoms with Crippen LogP contribution >= 0.6 is 0 Å².